The number of benzene rings is 1. The van der Waals surface area contributed by atoms with Gasteiger partial charge in [-0.15, -0.1) is 11.8 Å². The summed E-state index contributed by atoms with van der Waals surface area (Å²) in [6.07, 6.45) is 9.15. The number of halogens is 1. The molecule has 0 bridgehead atoms. The van der Waals surface area contributed by atoms with E-state index < -0.39 is 0 Å². The van der Waals surface area contributed by atoms with Gasteiger partial charge in [-0.2, -0.15) is 0 Å². The summed E-state index contributed by atoms with van der Waals surface area (Å²) >= 11 is 0. The molecular weight excluding hydrogens is 659 g/mol. The zero-order valence-electron chi connectivity index (χ0n) is 20.2. The van der Waals surface area contributed by atoms with Crippen LogP contribution < -0.4 is 4.90 Å². The Morgan fingerprint density at radius 2 is 2.03 bits per heavy atom. The first-order chi connectivity index (χ1) is 15.5. The summed E-state index contributed by atoms with van der Waals surface area (Å²) < 4.78 is 19.5. The van der Waals surface area contributed by atoms with Crippen molar-refractivity contribution in [2.45, 2.75) is 74.9 Å². The molecule has 8 heteroatoms. The molecule has 182 valence electrons. The van der Waals surface area contributed by atoms with Crippen molar-refractivity contribution in [2.75, 3.05) is 31.1 Å². The number of likely N-dealkylation sites (tertiary alicyclic amines) is 2. The Labute approximate surface area is 225 Å². The van der Waals surface area contributed by atoms with Gasteiger partial charge in [-0.05, 0) is 88.0 Å². The van der Waals surface area contributed by atoms with Crippen molar-refractivity contribution in [3.63, 3.8) is 0 Å². The van der Waals surface area contributed by atoms with Crippen LogP contribution in [0.5, 0.6) is 0 Å². The second kappa shape index (κ2) is 9.41. The van der Waals surface area contributed by atoms with Gasteiger partial charge in [0.1, 0.15) is 5.82 Å². The number of carbonyl (C=O) groups excluding carboxylic acids is 2. The minimum Gasteiger partial charge on any atom is -0.476 e. The molecule has 3 heterocycles. The SMILES string of the molecule is CCCOC(=O)N1C2CCC3CC(N4CCC5(CC4)CN([C-]=O)c4ccc(F)cc45)CC321.[CH3-].[U+2]. The van der Waals surface area contributed by atoms with Gasteiger partial charge >= 0.3 is 37.2 Å². The minimum absolute atomic E-state index is 0. The van der Waals surface area contributed by atoms with E-state index in [0.29, 0.717) is 31.2 Å². The van der Waals surface area contributed by atoms with E-state index in [4.69, 9.17) is 4.74 Å². The van der Waals surface area contributed by atoms with Crippen molar-refractivity contribution in [1.29, 1.82) is 0 Å². The minimum atomic E-state index is -0.240. The smallest absolute Gasteiger partial charge is 0.476 e. The molecule has 0 N–H and O–H groups in total. The Balaban J connectivity index is 0.00000137. The van der Waals surface area contributed by atoms with E-state index in [9.17, 15) is 14.0 Å². The van der Waals surface area contributed by atoms with Crippen LogP contribution in [0.4, 0.5) is 14.9 Å². The summed E-state index contributed by atoms with van der Waals surface area (Å²) in [4.78, 5) is 30.4. The molecule has 2 saturated heterocycles. The van der Waals surface area contributed by atoms with E-state index >= 15 is 0 Å². The molecule has 0 aromatic heterocycles. The summed E-state index contributed by atoms with van der Waals surface area (Å²) in [5.74, 6) is 0.347. The molecule has 1 aromatic carbocycles. The number of piperidine rings is 2. The Bertz CT molecular complexity index is 953. The van der Waals surface area contributed by atoms with E-state index in [-0.39, 0.29) is 61.4 Å². The molecule has 5 aliphatic rings. The molecule has 4 fully saturated rings. The maximum Gasteiger partial charge on any atom is 2.00 e. The molecule has 2 spiro atoms. The van der Waals surface area contributed by atoms with E-state index in [2.05, 4.69) is 9.80 Å². The Morgan fingerprint density at radius 3 is 2.74 bits per heavy atom. The van der Waals surface area contributed by atoms with Crippen molar-refractivity contribution in [3.05, 3.63) is 37.0 Å². The van der Waals surface area contributed by atoms with E-state index in [1.165, 1.54) is 12.5 Å². The summed E-state index contributed by atoms with van der Waals surface area (Å²) in [7, 11) is 0. The second-order valence-electron chi connectivity index (χ2n) is 10.5. The molecular formula is C26H34FN3O3U. The van der Waals surface area contributed by atoms with Crippen LogP contribution >= 0.6 is 0 Å². The Hall–Kier alpha value is -1.10. The Kier molecular flexibility index (Phi) is 7.19. The van der Waals surface area contributed by atoms with E-state index in [0.717, 1.165) is 62.9 Å². The molecule has 4 unspecified atom stereocenters. The zero-order valence-corrected chi connectivity index (χ0v) is 24.4. The average molecular weight is 694 g/mol. The number of hydrogen-bond donors (Lipinski definition) is 0. The van der Waals surface area contributed by atoms with Crippen LogP contribution in [0.1, 0.15) is 57.4 Å². The third-order valence-electron chi connectivity index (χ3n) is 9.17. The van der Waals surface area contributed by atoms with Gasteiger partial charge in [-0.3, -0.25) is 4.90 Å². The van der Waals surface area contributed by atoms with Crippen molar-refractivity contribution in [3.8, 4) is 0 Å². The first kappa shape index (κ1) is 26.0. The molecule has 6 nitrogen and oxygen atoms in total. The topological polar surface area (TPSA) is 52.9 Å². The summed E-state index contributed by atoms with van der Waals surface area (Å²) in [6, 6.07) is 5.63. The Morgan fingerprint density at radius 1 is 1.26 bits per heavy atom. The first-order valence-corrected chi connectivity index (χ1v) is 12.2. The summed E-state index contributed by atoms with van der Waals surface area (Å²) in [5, 5.41) is 0. The fourth-order valence-electron chi connectivity index (χ4n) is 7.68. The number of ether oxygens (including phenoxy) is 1. The van der Waals surface area contributed by atoms with E-state index in [1.807, 2.05) is 13.3 Å². The average Bonchev–Trinajstić information content (AvgIpc) is 3.06. The van der Waals surface area contributed by atoms with Crippen LogP contribution in [0.2, 0.25) is 0 Å². The van der Waals surface area contributed by atoms with Gasteiger partial charge in [0.05, 0.1) is 24.6 Å². The maximum absolute atomic E-state index is 14.0. The van der Waals surface area contributed by atoms with Gasteiger partial charge in [0.15, 0.2) is 0 Å². The van der Waals surface area contributed by atoms with Crippen molar-refractivity contribution in [2.24, 2.45) is 5.92 Å². The number of nitrogens with zero attached hydrogens (tertiary/aromatic N) is 3. The van der Waals surface area contributed by atoms with Crippen LogP contribution in [0, 0.1) is 50.3 Å². The monoisotopic (exact) mass is 693 g/mol. The molecule has 6 rings (SSSR count). The molecule has 0 radical (unpaired) electrons. The van der Waals surface area contributed by atoms with E-state index in [1.54, 1.807) is 17.0 Å². The molecule has 1 aromatic rings. The van der Waals surface area contributed by atoms with Gasteiger partial charge in [-0.25, -0.2) is 9.18 Å². The van der Waals surface area contributed by atoms with Crippen molar-refractivity contribution >= 4 is 18.2 Å². The van der Waals surface area contributed by atoms with Crippen LogP contribution in [-0.2, 0) is 14.9 Å². The quantitative estimate of drug-likeness (QED) is 0.353. The third kappa shape index (κ3) is 3.66. The number of fused-ring (bicyclic) bond motifs is 2. The van der Waals surface area contributed by atoms with Crippen LogP contribution in [0.15, 0.2) is 18.2 Å². The predicted octanol–water partition coefficient (Wildman–Crippen LogP) is 4.04. The third-order valence-corrected chi connectivity index (χ3v) is 9.17. The number of anilines is 1. The normalized spacial score (nSPS) is 32.4. The maximum atomic E-state index is 14.0. The number of amides is 2. The van der Waals surface area contributed by atoms with Gasteiger partial charge in [0, 0.05) is 6.04 Å². The van der Waals surface area contributed by atoms with Crippen LogP contribution in [0.25, 0.3) is 0 Å². The van der Waals surface area contributed by atoms with Crippen molar-refractivity contribution < 1.29 is 49.8 Å². The fourth-order valence-corrected chi connectivity index (χ4v) is 7.68. The van der Waals surface area contributed by atoms with Gasteiger partial charge in [-0.1, -0.05) is 12.5 Å². The standard InChI is InChI=1S/C25H31FN3O3.CH3.U/c1-2-11-32-23(31)29-22-6-3-17-12-19(14-25(17,22)29)27-9-7-24(8-10-27)15-28(16-30)21-5-4-18(26)13-20(21)24;;/h4-5,13,17,19,22H,2-3,6-12,14-15H2,1H3;1H3;/q2*-1;+2. The van der Waals surface area contributed by atoms with Gasteiger partial charge in [0.2, 0.25) is 0 Å². The van der Waals surface area contributed by atoms with Crippen LogP contribution in [0.3, 0.4) is 0 Å². The number of rotatable bonds is 4. The molecule has 2 saturated carbocycles. The molecule has 3 aliphatic heterocycles. The zero-order chi connectivity index (χ0) is 22.1. The van der Waals surface area contributed by atoms with Gasteiger partial charge in [0.25, 0.3) is 0 Å². The number of hydrogen-bond acceptors (Lipinski definition) is 4. The molecule has 2 aliphatic carbocycles. The second-order valence-corrected chi connectivity index (χ2v) is 10.5. The predicted molar refractivity (Wildman–Crippen MR) is 124 cm³/mol. The van der Waals surface area contributed by atoms with Crippen molar-refractivity contribution in [1.82, 2.24) is 9.80 Å². The van der Waals surface area contributed by atoms with Crippen LogP contribution in [-0.4, -0.2) is 66.2 Å². The summed E-state index contributed by atoms with van der Waals surface area (Å²) in [5.41, 5.74) is 1.65. The largest absolute Gasteiger partial charge is 2.00 e. The summed E-state index contributed by atoms with van der Waals surface area (Å²) in [6.45, 7) is 5.01. The number of carbonyl (C=O) groups is 1. The fraction of sp³-hybridized carbons (Fsp3) is 0.654. The van der Waals surface area contributed by atoms with Gasteiger partial charge < -0.3 is 26.8 Å². The first-order valence-electron chi connectivity index (χ1n) is 12.2. The molecule has 34 heavy (non-hydrogen) atoms. The molecule has 4 atom stereocenters. The molecule has 2 amide bonds.